The van der Waals surface area contributed by atoms with Gasteiger partial charge in [0.15, 0.2) is 11.2 Å². The molecule has 2 aromatic heterocycles. The van der Waals surface area contributed by atoms with E-state index < -0.39 is 5.41 Å². The Labute approximate surface area is 422 Å². The van der Waals surface area contributed by atoms with E-state index in [1.165, 1.54) is 16.5 Å². The summed E-state index contributed by atoms with van der Waals surface area (Å²) in [5.74, 6) is 0.903. The molecule has 2 unspecified atom stereocenters. The zero-order valence-corrected chi connectivity index (χ0v) is 39.9. The Morgan fingerprint density at radius 3 is 1.95 bits per heavy atom. The lowest BCUT2D eigenvalue weighted by atomic mass is 9.65. The summed E-state index contributed by atoms with van der Waals surface area (Å²) in [5, 5.41) is 26.1. The van der Waals surface area contributed by atoms with Crippen molar-refractivity contribution in [3.05, 3.63) is 239 Å². The fourth-order valence-corrected chi connectivity index (χ4v) is 12.1. The van der Waals surface area contributed by atoms with Crippen LogP contribution in [0.15, 0.2) is 209 Å². The van der Waals surface area contributed by atoms with Gasteiger partial charge in [0, 0.05) is 49.3 Å². The van der Waals surface area contributed by atoms with Crippen molar-refractivity contribution in [1.29, 1.82) is 10.5 Å². The van der Waals surface area contributed by atoms with E-state index in [9.17, 15) is 10.5 Å². The van der Waals surface area contributed by atoms with Gasteiger partial charge in [0.2, 0.25) is 0 Å². The molecule has 0 spiro atoms. The Morgan fingerprint density at radius 2 is 1.18 bits per heavy atom. The van der Waals surface area contributed by atoms with Crippen molar-refractivity contribution in [2.75, 3.05) is 9.80 Å². The van der Waals surface area contributed by atoms with E-state index >= 15 is 0 Å². The number of furan rings is 2. The van der Waals surface area contributed by atoms with Crippen LogP contribution in [-0.4, -0.2) is 6.04 Å². The van der Waals surface area contributed by atoms with Gasteiger partial charge in [0.05, 0.1) is 52.1 Å². The maximum absolute atomic E-state index is 10.3. The Hall–Kier alpha value is -9.62. The van der Waals surface area contributed by atoms with Crippen LogP contribution in [0.2, 0.25) is 0 Å². The first kappa shape index (κ1) is 42.3. The molecule has 344 valence electrons. The normalized spacial score (nSPS) is 16.2. The van der Waals surface area contributed by atoms with Crippen LogP contribution in [0.4, 0.5) is 28.4 Å². The molecule has 9 aromatic carbocycles. The van der Waals surface area contributed by atoms with Gasteiger partial charge in [0.25, 0.3) is 0 Å². The fourth-order valence-electron chi connectivity index (χ4n) is 12.1. The number of hydrogen-bond acceptors (Lipinski definition) is 6. The molecular formula is C67H44N4O2. The second-order valence-electron chi connectivity index (χ2n) is 19.5. The molecular weight excluding hydrogens is 893 g/mol. The van der Waals surface area contributed by atoms with Crippen molar-refractivity contribution in [3.8, 4) is 34.4 Å². The van der Waals surface area contributed by atoms with Crippen LogP contribution in [0, 0.1) is 22.7 Å². The van der Waals surface area contributed by atoms with Crippen molar-refractivity contribution in [2.45, 2.75) is 31.2 Å². The minimum atomic E-state index is -0.605. The number of nitrogens with zero attached hydrogens (tertiary/aromatic N) is 4. The van der Waals surface area contributed by atoms with Crippen LogP contribution < -0.4 is 9.80 Å². The predicted molar refractivity (Wildman–Crippen MR) is 298 cm³/mol. The average molecular weight is 937 g/mol. The zero-order chi connectivity index (χ0) is 48.8. The number of para-hydroxylation sites is 3. The molecule has 0 bridgehead atoms. The Bertz CT molecular complexity index is 4280. The van der Waals surface area contributed by atoms with E-state index in [0.29, 0.717) is 11.1 Å². The molecule has 6 nitrogen and oxygen atoms in total. The van der Waals surface area contributed by atoms with Crippen LogP contribution in [0.25, 0.3) is 84.2 Å². The molecule has 0 N–H and O–H groups in total. The van der Waals surface area contributed by atoms with Crippen molar-refractivity contribution >= 4 is 90.3 Å². The minimum Gasteiger partial charge on any atom is -0.454 e. The van der Waals surface area contributed by atoms with E-state index in [1.807, 2.05) is 60.7 Å². The van der Waals surface area contributed by atoms with E-state index in [2.05, 4.69) is 187 Å². The maximum Gasteiger partial charge on any atom is 0.159 e. The first-order chi connectivity index (χ1) is 36.0. The summed E-state index contributed by atoms with van der Waals surface area (Å²) < 4.78 is 13.8. The molecule has 3 aliphatic rings. The van der Waals surface area contributed by atoms with E-state index in [4.69, 9.17) is 8.83 Å². The quantitative estimate of drug-likeness (QED) is 0.151. The van der Waals surface area contributed by atoms with Gasteiger partial charge in [-0.3, -0.25) is 0 Å². The van der Waals surface area contributed by atoms with Crippen LogP contribution in [0.3, 0.4) is 0 Å². The summed E-state index contributed by atoms with van der Waals surface area (Å²) in [6.07, 6.45) is 15.5. The van der Waals surface area contributed by atoms with Gasteiger partial charge in [-0.2, -0.15) is 10.5 Å². The fraction of sp³-hybridized carbons (Fsp3) is 0.0746. The predicted octanol–water partition coefficient (Wildman–Crippen LogP) is 17.5. The smallest absolute Gasteiger partial charge is 0.159 e. The lowest BCUT2D eigenvalue weighted by molar-refractivity contribution is 0.514. The molecule has 0 saturated heterocycles. The molecule has 11 aromatic rings. The van der Waals surface area contributed by atoms with Crippen LogP contribution in [0.5, 0.6) is 0 Å². The van der Waals surface area contributed by atoms with Gasteiger partial charge in [-0.25, -0.2) is 0 Å². The number of anilines is 5. The lowest BCUT2D eigenvalue weighted by Gasteiger charge is -2.47. The Morgan fingerprint density at radius 1 is 0.534 bits per heavy atom. The molecule has 0 amide bonds. The van der Waals surface area contributed by atoms with Crippen LogP contribution >= 0.6 is 0 Å². The number of nitriles is 2. The molecule has 0 fully saturated rings. The number of allylic oxidation sites excluding steroid dienone is 1. The molecule has 14 rings (SSSR count). The summed E-state index contributed by atoms with van der Waals surface area (Å²) in [4.78, 5) is 4.81. The second-order valence-corrected chi connectivity index (χ2v) is 19.5. The van der Waals surface area contributed by atoms with Crippen molar-refractivity contribution < 1.29 is 8.83 Å². The molecule has 0 radical (unpaired) electrons. The molecule has 2 atom stereocenters. The molecule has 0 aliphatic heterocycles. The highest BCUT2D eigenvalue weighted by Crippen LogP contribution is 2.55. The summed E-state index contributed by atoms with van der Waals surface area (Å²) in [7, 11) is 0. The lowest BCUT2D eigenvalue weighted by Crippen LogP contribution is -2.47. The van der Waals surface area contributed by atoms with E-state index in [1.54, 1.807) is 0 Å². The number of benzene rings is 9. The van der Waals surface area contributed by atoms with Crippen molar-refractivity contribution in [2.24, 2.45) is 0 Å². The first-order valence-electron chi connectivity index (χ1n) is 24.9. The molecule has 2 heterocycles. The summed E-state index contributed by atoms with van der Waals surface area (Å²) in [6, 6.07) is 67.6. The third-order valence-corrected chi connectivity index (χ3v) is 15.4. The maximum atomic E-state index is 10.3. The number of fused-ring (bicyclic) bond motifs is 6. The third-order valence-electron chi connectivity index (χ3n) is 15.4. The van der Waals surface area contributed by atoms with Gasteiger partial charge >= 0.3 is 0 Å². The van der Waals surface area contributed by atoms with E-state index in [0.717, 1.165) is 119 Å². The van der Waals surface area contributed by atoms with Gasteiger partial charge in [-0.05, 0) is 120 Å². The number of hydrogen-bond donors (Lipinski definition) is 0. The second kappa shape index (κ2) is 16.5. The zero-order valence-electron chi connectivity index (χ0n) is 39.9. The summed E-state index contributed by atoms with van der Waals surface area (Å²) in [5.41, 5.74) is 16.4. The summed E-state index contributed by atoms with van der Waals surface area (Å²) >= 11 is 0. The SMILES string of the molecule is CC12C=Cc3ccc(N(c4ccc(C#N)cc4-c4ccccc4)c4cccc5c6c(oc45)C=CCC6)c4ccc(c1c34)C=CC2N(c1ccc(C#N)cc1-c1ccccc1)c1cccc2c1oc1ccccc12. The largest absolute Gasteiger partial charge is 0.454 e. The summed E-state index contributed by atoms with van der Waals surface area (Å²) in [6.45, 7) is 2.37. The van der Waals surface area contributed by atoms with Gasteiger partial charge in [-0.1, -0.05) is 152 Å². The first-order valence-corrected chi connectivity index (χ1v) is 24.9. The van der Waals surface area contributed by atoms with Crippen molar-refractivity contribution in [1.82, 2.24) is 0 Å². The Kier molecular flexibility index (Phi) is 9.55. The highest BCUT2D eigenvalue weighted by atomic mass is 16.3. The third kappa shape index (κ3) is 6.48. The van der Waals surface area contributed by atoms with Crippen LogP contribution in [-0.2, 0) is 11.8 Å². The molecule has 0 saturated carbocycles. The topological polar surface area (TPSA) is 80.3 Å². The highest BCUT2D eigenvalue weighted by molar-refractivity contribution is 6.12. The standard InChI is InChI=1S/C67H44N4O2/c1-67-37-36-46-29-34-55(70(56-32-26-42(40-68)38-53(56)44-14-4-2-5-15-44)58-22-12-20-50-48-18-8-10-24-60(48)72-65(50)58)52-31-28-47(64(67)63(46)52)30-35-62(67)71(57-33-27-43(41-69)39-54(57)45-16-6-3-7-17-45)59-23-13-21-51-49-19-9-11-25-61(49)73-66(51)59/h2-7,9-17,19-39,62H,8,18H2,1H3. The monoisotopic (exact) mass is 936 g/mol. The molecule has 6 heteroatoms. The number of rotatable bonds is 8. The Balaban J connectivity index is 1.03. The van der Waals surface area contributed by atoms with Gasteiger partial charge < -0.3 is 18.6 Å². The average Bonchev–Trinajstić information content (AvgIpc) is 4.04. The highest BCUT2D eigenvalue weighted by Gasteiger charge is 2.45. The van der Waals surface area contributed by atoms with Gasteiger partial charge in [0.1, 0.15) is 11.3 Å². The van der Waals surface area contributed by atoms with E-state index in [-0.39, 0.29) is 6.04 Å². The minimum absolute atomic E-state index is 0.275. The number of aryl methyl sites for hydroxylation is 1. The molecule has 3 aliphatic carbocycles. The van der Waals surface area contributed by atoms with Gasteiger partial charge in [-0.15, -0.1) is 0 Å². The molecule has 73 heavy (non-hydrogen) atoms. The van der Waals surface area contributed by atoms with Crippen LogP contribution in [0.1, 0.15) is 52.5 Å². The van der Waals surface area contributed by atoms with Crippen molar-refractivity contribution in [3.63, 3.8) is 0 Å².